The average Bonchev–Trinajstić information content (AvgIpc) is 3.37. The van der Waals surface area contributed by atoms with Crippen LogP contribution >= 0.6 is 22.6 Å². The molecule has 7 rings (SSSR count). The molecule has 8 nitrogen and oxygen atoms in total. The Hall–Kier alpha value is -2.04. The number of ether oxygens (including phenoxy) is 1. The molecule has 0 N–H and O–H groups in total. The first kappa shape index (κ1) is 20.6. The van der Waals surface area contributed by atoms with Gasteiger partial charge in [0.15, 0.2) is 5.75 Å². The second-order valence-corrected chi connectivity index (χ2v) is 10.7. The third kappa shape index (κ3) is 2.75. The molecule has 2 bridgehead atoms. The third-order valence-corrected chi connectivity index (χ3v) is 9.68. The highest BCUT2D eigenvalue weighted by molar-refractivity contribution is 14.1. The molecule has 2 atom stereocenters. The highest BCUT2D eigenvalue weighted by Gasteiger charge is 2.74. The summed E-state index contributed by atoms with van der Waals surface area (Å²) in [6.45, 7) is 9.99. The average molecular weight is 545 g/mol. The van der Waals surface area contributed by atoms with Crippen LogP contribution in [-0.2, 0) is 5.41 Å². The highest BCUT2D eigenvalue weighted by Crippen LogP contribution is 2.77. The molecular formula is C23H28IN7O. The van der Waals surface area contributed by atoms with Crippen molar-refractivity contribution in [2.24, 2.45) is 11.3 Å². The van der Waals surface area contributed by atoms with Gasteiger partial charge >= 0.3 is 0 Å². The number of halogens is 1. The summed E-state index contributed by atoms with van der Waals surface area (Å²) < 4.78 is 9.44. The molecule has 9 heteroatoms. The first-order chi connectivity index (χ1) is 15.3. The predicted molar refractivity (Wildman–Crippen MR) is 130 cm³/mol. The third-order valence-electron chi connectivity index (χ3n) is 8.17. The maximum atomic E-state index is 6.42. The van der Waals surface area contributed by atoms with Crippen LogP contribution in [0.4, 0.5) is 5.69 Å². The Bertz CT molecular complexity index is 1200. The lowest BCUT2D eigenvalue weighted by Crippen LogP contribution is -2.73. The number of hydrogen-bond donors (Lipinski definition) is 0. The van der Waals surface area contributed by atoms with Crippen LogP contribution < -0.4 is 9.64 Å². The van der Waals surface area contributed by atoms with E-state index in [1.54, 1.807) is 4.52 Å². The van der Waals surface area contributed by atoms with Crippen molar-refractivity contribution in [1.29, 1.82) is 0 Å². The number of fused-ring (bicyclic) bond motifs is 1. The van der Waals surface area contributed by atoms with Crippen molar-refractivity contribution in [3.05, 3.63) is 35.4 Å². The second-order valence-electron chi connectivity index (χ2n) is 9.95. The highest BCUT2D eigenvalue weighted by atomic mass is 127. The zero-order valence-electron chi connectivity index (χ0n) is 19.0. The molecule has 168 valence electrons. The van der Waals surface area contributed by atoms with E-state index < -0.39 is 0 Å². The summed E-state index contributed by atoms with van der Waals surface area (Å²) in [4.78, 5) is 20.9. The molecule has 0 spiro atoms. The molecular weight excluding hydrogens is 517 g/mol. The summed E-state index contributed by atoms with van der Waals surface area (Å²) in [5.41, 5.74) is 3.67. The van der Waals surface area contributed by atoms with Gasteiger partial charge in [0.1, 0.15) is 17.8 Å². The van der Waals surface area contributed by atoms with Crippen molar-refractivity contribution in [3.8, 4) is 5.75 Å². The summed E-state index contributed by atoms with van der Waals surface area (Å²) in [5.74, 6) is 3.89. The molecule has 32 heavy (non-hydrogen) atoms. The number of anilines is 1. The molecule has 1 aliphatic heterocycles. The fourth-order valence-corrected chi connectivity index (χ4v) is 7.30. The van der Waals surface area contributed by atoms with Crippen LogP contribution in [0.2, 0.25) is 0 Å². The lowest BCUT2D eigenvalue weighted by Gasteiger charge is -2.74. The Morgan fingerprint density at radius 1 is 1.16 bits per heavy atom. The predicted octanol–water partition coefficient (Wildman–Crippen LogP) is 3.60. The largest absolute Gasteiger partial charge is 0.485 e. The van der Waals surface area contributed by atoms with Gasteiger partial charge in [0.05, 0.1) is 36.0 Å². The van der Waals surface area contributed by atoms with Gasteiger partial charge in [-0.05, 0) is 44.9 Å². The number of nitrogens with zero attached hydrogens (tertiary/aromatic N) is 7. The zero-order valence-corrected chi connectivity index (χ0v) is 21.1. The summed E-state index contributed by atoms with van der Waals surface area (Å²) in [7, 11) is 0. The van der Waals surface area contributed by atoms with Gasteiger partial charge in [-0.2, -0.15) is 9.50 Å². The van der Waals surface area contributed by atoms with Crippen LogP contribution in [0.1, 0.15) is 49.2 Å². The molecule has 0 radical (unpaired) electrons. The van der Waals surface area contributed by atoms with Crippen molar-refractivity contribution in [3.63, 3.8) is 0 Å². The Balaban J connectivity index is 1.15. The van der Waals surface area contributed by atoms with Gasteiger partial charge in [-0.1, -0.05) is 29.5 Å². The molecule has 3 aliphatic carbocycles. The molecule has 0 unspecified atom stereocenters. The molecule has 4 heterocycles. The lowest BCUT2D eigenvalue weighted by atomic mass is 9.30. The topological polar surface area (TPSA) is 81.3 Å². The number of aryl methyl sites for hydroxylation is 3. The van der Waals surface area contributed by atoms with E-state index in [-0.39, 0.29) is 11.5 Å². The normalized spacial score (nSPS) is 31.0. The second kappa shape index (κ2) is 6.98. The van der Waals surface area contributed by atoms with E-state index in [4.69, 9.17) is 14.7 Å². The fourth-order valence-electron chi connectivity index (χ4n) is 6.10. The molecule has 1 saturated heterocycles. The first-order valence-electron chi connectivity index (χ1n) is 11.4. The van der Waals surface area contributed by atoms with Crippen LogP contribution in [0.3, 0.4) is 0 Å². The van der Waals surface area contributed by atoms with Gasteiger partial charge in [0.2, 0.25) is 0 Å². The minimum Gasteiger partial charge on any atom is -0.485 e. The van der Waals surface area contributed by atoms with Gasteiger partial charge in [0.25, 0.3) is 5.78 Å². The number of alkyl halides is 1. The molecule has 3 aromatic rings. The SMILES string of the molecule is Cc1nc2nc(C)c(O[C@@H]3CCN(c4cnc(C56CC(CI)(C5)[C@@H]6C)nc4)C3)c(C)n2n1. The molecule has 3 aromatic heterocycles. The molecule has 3 saturated carbocycles. The Morgan fingerprint density at radius 3 is 2.59 bits per heavy atom. The maximum Gasteiger partial charge on any atom is 0.253 e. The summed E-state index contributed by atoms with van der Waals surface area (Å²) in [5, 5.41) is 4.45. The van der Waals surface area contributed by atoms with Crippen LogP contribution in [-0.4, -0.2) is 53.2 Å². The van der Waals surface area contributed by atoms with Gasteiger partial charge in [-0.3, -0.25) is 0 Å². The quantitative estimate of drug-likeness (QED) is 0.358. The molecule has 4 aliphatic rings. The van der Waals surface area contributed by atoms with Crippen molar-refractivity contribution < 1.29 is 4.74 Å². The zero-order chi connectivity index (χ0) is 22.3. The van der Waals surface area contributed by atoms with E-state index in [1.807, 2.05) is 33.2 Å². The van der Waals surface area contributed by atoms with E-state index in [2.05, 4.69) is 49.5 Å². The minimum absolute atomic E-state index is 0.0945. The number of aromatic nitrogens is 6. The van der Waals surface area contributed by atoms with Gasteiger partial charge in [0, 0.05) is 22.8 Å². The van der Waals surface area contributed by atoms with E-state index in [9.17, 15) is 0 Å². The summed E-state index contributed by atoms with van der Waals surface area (Å²) in [6, 6.07) is 0. The molecule has 0 aromatic carbocycles. The van der Waals surface area contributed by atoms with Crippen LogP contribution in [0.15, 0.2) is 12.4 Å². The Morgan fingerprint density at radius 2 is 1.91 bits per heavy atom. The molecule has 0 amide bonds. The fraction of sp³-hybridized carbons (Fsp3) is 0.609. The van der Waals surface area contributed by atoms with Crippen LogP contribution in [0.25, 0.3) is 5.78 Å². The van der Waals surface area contributed by atoms with Crippen LogP contribution in [0.5, 0.6) is 5.75 Å². The smallest absolute Gasteiger partial charge is 0.253 e. The Kier molecular flexibility index (Phi) is 4.48. The maximum absolute atomic E-state index is 6.42. The van der Waals surface area contributed by atoms with Crippen molar-refractivity contribution >= 4 is 34.1 Å². The number of hydrogen-bond acceptors (Lipinski definition) is 7. The van der Waals surface area contributed by atoms with Gasteiger partial charge in [-0.15, -0.1) is 5.10 Å². The Labute approximate surface area is 201 Å². The van der Waals surface area contributed by atoms with Crippen LogP contribution in [0, 0.1) is 32.1 Å². The monoisotopic (exact) mass is 545 g/mol. The first-order valence-corrected chi connectivity index (χ1v) is 12.9. The lowest BCUT2D eigenvalue weighted by molar-refractivity contribution is -0.197. The van der Waals surface area contributed by atoms with E-state index in [0.29, 0.717) is 22.9 Å². The minimum atomic E-state index is 0.0945. The molecule has 4 fully saturated rings. The summed E-state index contributed by atoms with van der Waals surface area (Å²) in [6.07, 6.45) is 7.58. The van der Waals surface area contributed by atoms with Crippen molar-refractivity contribution in [2.75, 3.05) is 22.4 Å². The van der Waals surface area contributed by atoms with Gasteiger partial charge < -0.3 is 9.64 Å². The summed E-state index contributed by atoms with van der Waals surface area (Å²) >= 11 is 2.54. The van der Waals surface area contributed by atoms with Crippen molar-refractivity contribution in [2.45, 2.75) is 58.5 Å². The van der Waals surface area contributed by atoms with E-state index in [1.165, 1.54) is 17.3 Å². The van der Waals surface area contributed by atoms with Gasteiger partial charge in [-0.25, -0.2) is 15.0 Å². The van der Waals surface area contributed by atoms with Crippen molar-refractivity contribution in [1.82, 2.24) is 29.5 Å². The van der Waals surface area contributed by atoms with E-state index >= 15 is 0 Å². The van der Waals surface area contributed by atoms with E-state index in [0.717, 1.165) is 48.2 Å². The number of rotatable bonds is 5. The standard InChI is InChI=1S/C23H28IN7O/c1-13-19(14(2)31-21(27-13)28-16(4)29-31)32-18-5-6-30(9-18)17-7-25-20(26-8-17)23-10-22(11-23,12-24)15(23)3/h7-8,15,18H,5-6,9-12H2,1-4H3/t15-,18+,22?,23?/m0/s1.